The van der Waals surface area contributed by atoms with Crippen molar-refractivity contribution >= 4 is 5.91 Å². The highest BCUT2D eigenvalue weighted by molar-refractivity contribution is 5.78. The van der Waals surface area contributed by atoms with Gasteiger partial charge in [-0.15, -0.1) is 0 Å². The Bertz CT molecular complexity index is 423. The first-order valence-corrected chi connectivity index (χ1v) is 4.94. The predicted octanol–water partition coefficient (Wildman–Crippen LogP) is 1.10. The average Bonchev–Trinajstić information content (AvgIpc) is 2.30. The summed E-state index contributed by atoms with van der Waals surface area (Å²) in [6.45, 7) is -0.118. The lowest BCUT2D eigenvalue weighted by atomic mass is 10.1. The van der Waals surface area contributed by atoms with Crippen molar-refractivity contribution in [2.75, 3.05) is 20.2 Å². The van der Waals surface area contributed by atoms with Crippen LogP contribution < -0.4 is 0 Å². The fourth-order valence-electron chi connectivity index (χ4n) is 1.27. The number of rotatable bonds is 4. The van der Waals surface area contributed by atoms with Gasteiger partial charge in [-0.25, -0.2) is 13.2 Å². The number of hydrogen-bond donors (Lipinski definition) is 1. The van der Waals surface area contributed by atoms with Crippen molar-refractivity contribution in [2.24, 2.45) is 0 Å². The third kappa shape index (κ3) is 3.20. The highest BCUT2D eigenvalue weighted by atomic mass is 19.2. The molecular formula is C11H12F3NO2. The zero-order chi connectivity index (χ0) is 13.0. The maximum Gasteiger partial charge on any atom is 0.226 e. The van der Waals surface area contributed by atoms with Gasteiger partial charge in [-0.2, -0.15) is 0 Å². The molecule has 0 saturated carbocycles. The minimum absolute atomic E-state index is 0.101. The summed E-state index contributed by atoms with van der Waals surface area (Å²) in [6, 6.07) is 1.80. The molecule has 6 heteroatoms. The number of carbonyl (C=O) groups excluding carboxylic acids is 1. The van der Waals surface area contributed by atoms with Crippen molar-refractivity contribution in [3.63, 3.8) is 0 Å². The standard InChI is InChI=1S/C11H12F3NO2/c1-15(4-5-16)9(17)6-7-2-3-8(12)11(14)10(7)13/h2-3,16H,4-6H2,1H3. The average molecular weight is 247 g/mol. The molecule has 0 radical (unpaired) electrons. The van der Waals surface area contributed by atoms with Gasteiger partial charge in [-0.05, 0) is 6.07 Å². The molecule has 0 bridgehead atoms. The first kappa shape index (κ1) is 13.5. The van der Waals surface area contributed by atoms with Crippen molar-refractivity contribution in [1.82, 2.24) is 4.90 Å². The molecule has 0 atom stereocenters. The van der Waals surface area contributed by atoms with E-state index in [9.17, 15) is 18.0 Å². The Balaban J connectivity index is 2.82. The van der Waals surface area contributed by atoms with Crippen LogP contribution in [0, 0.1) is 17.5 Å². The van der Waals surface area contributed by atoms with Gasteiger partial charge in [0.25, 0.3) is 0 Å². The molecule has 1 rings (SSSR count). The van der Waals surface area contributed by atoms with Crippen LogP contribution in [0.1, 0.15) is 5.56 Å². The summed E-state index contributed by atoms with van der Waals surface area (Å²) in [5.74, 6) is -4.71. The third-order valence-electron chi connectivity index (χ3n) is 2.32. The molecule has 0 saturated heterocycles. The lowest BCUT2D eigenvalue weighted by Gasteiger charge is -2.15. The van der Waals surface area contributed by atoms with Crippen LogP contribution in [0.4, 0.5) is 13.2 Å². The third-order valence-corrected chi connectivity index (χ3v) is 2.32. The van der Waals surface area contributed by atoms with Gasteiger partial charge < -0.3 is 10.0 Å². The van der Waals surface area contributed by atoms with Gasteiger partial charge in [0.1, 0.15) is 0 Å². The van der Waals surface area contributed by atoms with E-state index in [4.69, 9.17) is 5.11 Å². The highest BCUT2D eigenvalue weighted by Gasteiger charge is 2.17. The van der Waals surface area contributed by atoms with Gasteiger partial charge >= 0.3 is 0 Å². The first-order valence-electron chi connectivity index (χ1n) is 4.94. The van der Waals surface area contributed by atoms with E-state index in [1.807, 2.05) is 0 Å². The second-order valence-corrected chi connectivity index (χ2v) is 3.55. The van der Waals surface area contributed by atoms with Crippen LogP contribution in [0.2, 0.25) is 0 Å². The molecule has 0 unspecified atom stereocenters. The number of carbonyl (C=O) groups is 1. The molecule has 94 valence electrons. The summed E-state index contributed by atoms with van der Waals surface area (Å²) in [4.78, 5) is 12.7. The van der Waals surface area contributed by atoms with Gasteiger partial charge in [-0.1, -0.05) is 6.07 Å². The summed E-state index contributed by atoms with van der Waals surface area (Å²) in [6.07, 6.45) is -0.375. The van der Waals surface area contributed by atoms with Gasteiger partial charge in [0, 0.05) is 19.2 Å². The Labute approximate surface area is 96.5 Å². The molecule has 1 aromatic rings. The van der Waals surface area contributed by atoms with E-state index in [0.29, 0.717) is 0 Å². The minimum Gasteiger partial charge on any atom is -0.395 e. The first-order chi connectivity index (χ1) is 7.97. The quantitative estimate of drug-likeness (QED) is 0.809. The number of nitrogens with zero attached hydrogens (tertiary/aromatic N) is 1. The summed E-state index contributed by atoms with van der Waals surface area (Å²) >= 11 is 0. The van der Waals surface area contributed by atoms with E-state index in [-0.39, 0.29) is 25.1 Å². The molecule has 0 fully saturated rings. The van der Waals surface area contributed by atoms with E-state index in [1.165, 1.54) is 11.9 Å². The van der Waals surface area contributed by atoms with Gasteiger partial charge in [0.15, 0.2) is 17.5 Å². The number of aliphatic hydroxyl groups excluding tert-OH is 1. The minimum atomic E-state index is -1.58. The van der Waals surface area contributed by atoms with Crippen molar-refractivity contribution < 1.29 is 23.1 Å². The van der Waals surface area contributed by atoms with Gasteiger partial charge in [-0.3, -0.25) is 4.79 Å². The van der Waals surface area contributed by atoms with Crippen LogP contribution in [0.25, 0.3) is 0 Å². The molecule has 0 aliphatic heterocycles. The zero-order valence-electron chi connectivity index (χ0n) is 9.21. The second kappa shape index (κ2) is 5.67. The molecule has 3 nitrogen and oxygen atoms in total. The van der Waals surface area contributed by atoms with Crippen LogP contribution in [-0.4, -0.2) is 36.1 Å². The van der Waals surface area contributed by atoms with E-state index in [2.05, 4.69) is 0 Å². The molecule has 0 aromatic heterocycles. The van der Waals surface area contributed by atoms with Crippen molar-refractivity contribution in [1.29, 1.82) is 0 Å². The van der Waals surface area contributed by atoms with Crippen LogP contribution in [0.3, 0.4) is 0 Å². The summed E-state index contributed by atoms with van der Waals surface area (Å²) < 4.78 is 38.7. The van der Waals surface area contributed by atoms with Crippen LogP contribution in [-0.2, 0) is 11.2 Å². The fraction of sp³-hybridized carbons (Fsp3) is 0.364. The zero-order valence-corrected chi connectivity index (χ0v) is 9.21. The Morgan fingerprint density at radius 1 is 1.29 bits per heavy atom. The topological polar surface area (TPSA) is 40.5 Å². The van der Waals surface area contributed by atoms with E-state index in [0.717, 1.165) is 12.1 Å². The maximum atomic E-state index is 13.2. The Morgan fingerprint density at radius 2 is 1.94 bits per heavy atom. The monoisotopic (exact) mass is 247 g/mol. The van der Waals surface area contributed by atoms with Crippen LogP contribution in [0.5, 0.6) is 0 Å². The van der Waals surface area contributed by atoms with Gasteiger partial charge in [0.2, 0.25) is 5.91 Å². The lowest BCUT2D eigenvalue weighted by molar-refractivity contribution is -0.129. The highest BCUT2D eigenvalue weighted by Crippen LogP contribution is 2.16. The fourth-order valence-corrected chi connectivity index (χ4v) is 1.27. The van der Waals surface area contributed by atoms with Crippen LogP contribution >= 0.6 is 0 Å². The smallest absolute Gasteiger partial charge is 0.226 e. The number of aliphatic hydroxyl groups is 1. The Hall–Kier alpha value is -1.56. The number of hydrogen-bond acceptors (Lipinski definition) is 2. The Kier molecular flexibility index (Phi) is 4.51. The van der Waals surface area contributed by atoms with E-state index in [1.54, 1.807) is 0 Å². The molecule has 1 aromatic carbocycles. The van der Waals surface area contributed by atoms with Gasteiger partial charge in [0.05, 0.1) is 13.0 Å². The predicted molar refractivity (Wildman–Crippen MR) is 54.7 cm³/mol. The molecule has 1 amide bonds. The molecule has 0 spiro atoms. The number of likely N-dealkylation sites (N-methyl/N-ethyl adjacent to an activating group) is 1. The molecule has 0 heterocycles. The largest absolute Gasteiger partial charge is 0.395 e. The normalized spacial score (nSPS) is 10.4. The molecule has 1 N–H and O–H groups in total. The summed E-state index contributed by atoms with van der Waals surface area (Å²) in [5, 5.41) is 8.61. The maximum absolute atomic E-state index is 13.2. The lowest BCUT2D eigenvalue weighted by Crippen LogP contribution is -2.31. The number of halogens is 3. The van der Waals surface area contributed by atoms with Crippen molar-refractivity contribution in [2.45, 2.75) is 6.42 Å². The molecular weight excluding hydrogens is 235 g/mol. The molecule has 0 aliphatic rings. The van der Waals surface area contributed by atoms with Crippen molar-refractivity contribution in [3.8, 4) is 0 Å². The van der Waals surface area contributed by atoms with Crippen molar-refractivity contribution in [3.05, 3.63) is 35.1 Å². The second-order valence-electron chi connectivity index (χ2n) is 3.55. The Morgan fingerprint density at radius 3 is 2.53 bits per heavy atom. The van der Waals surface area contributed by atoms with E-state index < -0.39 is 23.4 Å². The molecule has 17 heavy (non-hydrogen) atoms. The van der Waals surface area contributed by atoms with Crippen LogP contribution in [0.15, 0.2) is 12.1 Å². The number of amides is 1. The SMILES string of the molecule is CN(CCO)C(=O)Cc1ccc(F)c(F)c1F. The summed E-state index contributed by atoms with van der Waals surface area (Å²) in [7, 11) is 1.43. The number of benzene rings is 1. The molecule has 0 aliphatic carbocycles. The van der Waals surface area contributed by atoms with E-state index >= 15 is 0 Å². The summed E-state index contributed by atoms with van der Waals surface area (Å²) in [5.41, 5.74) is -0.210.